The smallest absolute Gasteiger partial charge is 0.341 e. The molecule has 0 aliphatic rings. The number of benzene rings is 3. The Morgan fingerprint density at radius 1 is 0.743 bits per heavy atom. The van der Waals surface area contributed by atoms with Crippen LogP contribution in [0.5, 0.6) is 40.2 Å². The van der Waals surface area contributed by atoms with Crippen molar-refractivity contribution in [3.8, 4) is 40.2 Å². The second kappa shape index (κ2) is 11.6. The van der Waals surface area contributed by atoms with E-state index in [1.54, 1.807) is 0 Å². The average molecular weight is 482 g/mol. The third-order valence-electron chi connectivity index (χ3n) is 5.02. The van der Waals surface area contributed by atoms with Crippen LogP contribution < -0.4 is 28.4 Å². The molecule has 0 aliphatic heterocycles. The molecule has 9 heteroatoms. The maximum atomic E-state index is 12.6. The maximum Gasteiger partial charge on any atom is 0.341 e. The Labute approximate surface area is 203 Å². The van der Waals surface area contributed by atoms with Crippen LogP contribution in [0.2, 0.25) is 0 Å². The summed E-state index contributed by atoms with van der Waals surface area (Å²) in [5.74, 6) is 0.376. The zero-order valence-corrected chi connectivity index (χ0v) is 20.1. The van der Waals surface area contributed by atoms with Crippen molar-refractivity contribution in [2.24, 2.45) is 0 Å². The molecule has 0 spiro atoms. The molecule has 9 nitrogen and oxygen atoms in total. The SMILES string of the molecule is COC(=O)c1cc(OC)c(OC)c(OC)c1Oc1cc(C=O)cc(OCc2ccccc2)c1OC. The minimum atomic E-state index is -0.703. The minimum absolute atomic E-state index is 0.00677. The summed E-state index contributed by atoms with van der Waals surface area (Å²) in [7, 11) is 6.90. The van der Waals surface area contributed by atoms with E-state index in [1.807, 2.05) is 30.3 Å². The number of hydrogen-bond donors (Lipinski definition) is 0. The molecule has 0 fully saturated rings. The van der Waals surface area contributed by atoms with Crippen molar-refractivity contribution in [3.05, 3.63) is 65.2 Å². The molecule has 0 aromatic heterocycles. The molecular formula is C26H26O9. The van der Waals surface area contributed by atoms with Crippen LogP contribution in [0.25, 0.3) is 0 Å². The average Bonchev–Trinajstić information content (AvgIpc) is 2.90. The summed E-state index contributed by atoms with van der Waals surface area (Å²) in [5, 5.41) is 0. The lowest BCUT2D eigenvalue weighted by Crippen LogP contribution is -2.08. The zero-order valence-electron chi connectivity index (χ0n) is 20.1. The Hall–Kier alpha value is -4.40. The van der Waals surface area contributed by atoms with Crippen molar-refractivity contribution in [1.29, 1.82) is 0 Å². The molecule has 0 aliphatic carbocycles. The van der Waals surface area contributed by atoms with E-state index in [-0.39, 0.29) is 58.0 Å². The van der Waals surface area contributed by atoms with Crippen LogP contribution >= 0.6 is 0 Å². The van der Waals surface area contributed by atoms with Crippen LogP contribution in [0.3, 0.4) is 0 Å². The first-order valence-corrected chi connectivity index (χ1v) is 10.4. The van der Waals surface area contributed by atoms with Gasteiger partial charge in [-0.1, -0.05) is 30.3 Å². The third-order valence-corrected chi connectivity index (χ3v) is 5.02. The highest BCUT2D eigenvalue weighted by atomic mass is 16.6. The molecule has 0 N–H and O–H groups in total. The van der Waals surface area contributed by atoms with Crippen molar-refractivity contribution in [1.82, 2.24) is 0 Å². The van der Waals surface area contributed by atoms with Gasteiger partial charge in [0.15, 0.2) is 23.0 Å². The Morgan fingerprint density at radius 3 is 1.97 bits per heavy atom. The number of rotatable bonds is 11. The van der Waals surface area contributed by atoms with E-state index < -0.39 is 5.97 Å². The lowest BCUT2D eigenvalue weighted by atomic mass is 10.1. The van der Waals surface area contributed by atoms with Crippen molar-refractivity contribution < 1.29 is 42.7 Å². The van der Waals surface area contributed by atoms with E-state index in [1.165, 1.54) is 53.7 Å². The standard InChI is InChI=1S/C26H26O9/c1-29-19-13-18(26(28)33-5)22(25(32-4)24(19)31-3)35-21-12-17(14-27)11-20(23(21)30-2)34-15-16-9-7-6-8-10-16/h6-14H,15H2,1-5H3. The van der Waals surface area contributed by atoms with Gasteiger partial charge >= 0.3 is 5.97 Å². The van der Waals surface area contributed by atoms with Crippen molar-refractivity contribution >= 4 is 12.3 Å². The van der Waals surface area contributed by atoms with Gasteiger partial charge in [-0.15, -0.1) is 0 Å². The van der Waals surface area contributed by atoms with E-state index in [4.69, 9.17) is 33.2 Å². The van der Waals surface area contributed by atoms with E-state index in [9.17, 15) is 9.59 Å². The van der Waals surface area contributed by atoms with Crippen LogP contribution in [-0.2, 0) is 11.3 Å². The highest BCUT2D eigenvalue weighted by Gasteiger charge is 2.28. The molecule has 0 bridgehead atoms. The van der Waals surface area contributed by atoms with Crippen LogP contribution in [0.15, 0.2) is 48.5 Å². The Bertz CT molecular complexity index is 1190. The third kappa shape index (κ3) is 5.40. The molecule has 0 heterocycles. The summed E-state index contributed by atoms with van der Waals surface area (Å²) in [4.78, 5) is 24.3. The van der Waals surface area contributed by atoms with Crippen LogP contribution in [0.4, 0.5) is 0 Å². The van der Waals surface area contributed by atoms with Gasteiger partial charge in [0.05, 0.1) is 35.5 Å². The number of ether oxygens (including phenoxy) is 7. The molecule has 0 saturated heterocycles. The number of hydrogen-bond acceptors (Lipinski definition) is 9. The Morgan fingerprint density at radius 2 is 1.40 bits per heavy atom. The summed E-state index contributed by atoms with van der Waals surface area (Å²) in [5.41, 5.74) is 1.19. The molecule has 0 saturated carbocycles. The summed E-state index contributed by atoms with van der Waals surface area (Å²) >= 11 is 0. The van der Waals surface area contributed by atoms with Gasteiger partial charge < -0.3 is 33.2 Å². The predicted octanol–water partition coefficient (Wildman–Crippen LogP) is 4.69. The van der Waals surface area contributed by atoms with Gasteiger partial charge in [0.1, 0.15) is 18.5 Å². The topological polar surface area (TPSA) is 98.8 Å². The molecule has 0 atom stereocenters. The van der Waals surface area contributed by atoms with E-state index >= 15 is 0 Å². The number of carbonyl (C=O) groups excluding carboxylic acids is 2. The van der Waals surface area contributed by atoms with Crippen LogP contribution in [0.1, 0.15) is 26.3 Å². The van der Waals surface area contributed by atoms with Gasteiger partial charge in [0, 0.05) is 11.6 Å². The number of aldehydes is 1. The minimum Gasteiger partial charge on any atom is -0.493 e. The van der Waals surface area contributed by atoms with Crippen molar-refractivity contribution in [2.75, 3.05) is 35.5 Å². The largest absolute Gasteiger partial charge is 0.493 e. The Kier molecular flexibility index (Phi) is 8.39. The van der Waals surface area contributed by atoms with Crippen LogP contribution in [-0.4, -0.2) is 47.8 Å². The first-order valence-electron chi connectivity index (χ1n) is 10.4. The first kappa shape index (κ1) is 25.2. The lowest BCUT2D eigenvalue weighted by molar-refractivity contribution is 0.0596. The molecule has 184 valence electrons. The summed E-state index contributed by atoms with van der Waals surface area (Å²) < 4.78 is 38.8. The van der Waals surface area contributed by atoms with Gasteiger partial charge in [0.25, 0.3) is 0 Å². The van der Waals surface area contributed by atoms with Gasteiger partial charge in [-0.05, 0) is 17.7 Å². The summed E-state index contributed by atoms with van der Waals surface area (Å²) in [6, 6.07) is 13.9. The maximum absolute atomic E-state index is 12.6. The molecule has 35 heavy (non-hydrogen) atoms. The fourth-order valence-corrected chi connectivity index (χ4v) is 3.39. The molecule has 0 unspecified atom stereocenters. The van der Waals surface area contributed by atoms with Gasteiger partial charge in [-0.25, -0.2) is 4.79 Å². The second-order valence-corrected chi connectivity index (χ2v) is 7.06. The quantitative estimate of drug-likeness (QED) is 0.285. The first-order chi connectivity index (χ1) is 17.0. The highest BCUT2D eigenvalue weighted by Crippen LogP contribution is 2.50. The fraction of sp³-hybridized carbons (Fsp3) is 0.231. The summed E-state index contributed by atoms with van der Waals surface area (Å²) in [6.07, 6.45) is 0.648. The van der Waals surface area contributed by atoms with Crippen LogP contribution in [0, 0.1) is 0 Å². The highest BCUT2D eigenvalue weighted by molar-refractivity contribution is 5.95. The lowest BCUT2D eigenvalue weighted by Gasteiger charge is -2.21. The molecule has 0 amide bonds. The monoisotopic (exact) mass is 482 g/mol. The normalized spacial score (nSPS) is 10.2. The molecule has 3 aromatic carbocycles. The summed E-state index contributed by atoms with van der Waals surface area (Å²) in [6.45, 7) is 0.228. The molecule has 0 radical (unpaired) electrons. The fourth-order valence-electron chi connectivity index (χ4n) is 3.39. The zero-order chi connectivity index (χ0) is 25.4. The number of esters is 1. The van der Waals surface area contributed by atoms with Gasteiger partial charge in [-0.2, -0.15) is 0 Å². The predicted molar refractivity (Wildman–Crippen MR) is 127 cm³/mol. The van der Waals surface area contributed by atoms with Gasteiger partial charge in [0.2, 0.25) is 17.2 Å². The molecule has 3 rings (SSSR count). The Balaban J connectivity index is 2.15. The van der Waals surface area contributed by atoms with E-state index in [0.29, 0.717) is 6.29 Å². The van der Waals surface area contributed by atoms with Crippen molar-refractivity contribution in [3.63, 3.8) is 0 Å². The number of methoxy groups -OCH3 is 5. The van der Waals surface area contributed by atoms with Crippen molar-refractivity contribution in [2.45, 2.75) is 6.61 Å². The molecular weight excluding hydrogens is 456 g/mol. The number of carbonyl (C=O) groups is 2. The van der Waals surface area contributed by atoms with Gasteiger partial charge in [-0.3, -0.25) is 4.79 Å². The van der Waals surface area contributed by atoms with E-state index in [2.05, 4.69) is 0 Å². The molecule has 3 aromatic rings. The van der Waals surface area contributed by atoms with E-state index in [0.717, 1.165) is 5.56 Å². The second-order valence-electron chi connectivity index (χ2n) is 7.06.